The van der Waals surface area contributed by atoms with Gasteiger partial charge in [-0.3, -0.25) is 0 Å². The molecule has 0 radical (unpaired) electrons. The molecule has 1 nitrogen and oxygen atoms in total. The van der Waals surface area contributed by atoms with Crippen LogP contribution in [0.25, 0.3) is 0 Å². The maximum Gasteiger partial charge on any atom is 0.0285 e. The Morgan fingerprint density at radius 1 is 1.31 bits per heavy atom. The van der Waals surface area contributed by atoms with Crippen molar-refractivity contribution in [2.75, 3.05) is 5.75 Å². The molecule has 0 amide bonds. The second kappa shape index (κ2) is 3.82. The Morgan fingerprint density at radius 2 is 2.00 bits per heavy atom. The quantitative estimate of drug-likeness (QED) is 0.740. The van der Waals surface area contributed by atoms with Gasteiger partial charge in [0.1, 0.15) is 0 Å². The summed E-state index contributed by atoms with van der Waals surface area (Å²) in [5.74, 6) is 2.16. The van der Waals surface area contributed by atoms with E-state index in [1.54, 1.807) is 0 Å². The van der Waals surface area contributed by atoms with Gasteiger partial charge in [-0.25, -0.2) is 0 Å². The SMILES string of the molecule is CC1(C(N)C2CCCC2)CCCS1. The van der Waals surface area contributed by atoms with Crippen molar-refractivity contribution in [2.45, 2.75) is 56.2 Å². The molecule has 2 unspecified atom stereocenters. The zero-order valence-electron chi connectivity index (χ0n) is 8.59. The Bertz CT molecular complexity index is 169. The van der Waals surface area contributed by atoms with E-state index in [0.29, 0.717) is 10.8 Å². The summed E-state index contributed by atoms with van der Waals surface area (Å²) in [6.07, 6.45) is 8.32. The molecule has 2 heteroatoms. The Balaban J connectivity index is 1.97. The average Bonchev–Trinajstić information content (AvgIpc) is 2.73. The van der Waals surface area contributed by atoms with Gasteiger partial charge in [0.2, 0.25) is 0 Å². The molecule has 2 fully saturated rings. The number of hydrogen-bond donors (Lipinski definition) is 1. The van der Waals surface area contributed by atoms with Crippen LogP contribution in [-0.2, 0) is 0 Å². The largest absolute Gasteiger partial charge is 0.326 e. The molecule has 2 atom stereocenters. The molecule has 0 aromatic heterocycles. The van der Waals surface area contributed by atoms with E-state index in [9.17, 15) is 0 Å². The molecule has 0 spiro atoms. The van der Waals surface area contributed by atoms with Crippen LogP contribution in [0.1, 0.15) is 45.4 Å². The minimum atomic E-state index is 0.412. The normalized spacial score (nSPS) is 38.3. The van der Waals surface area contributed by atoms with Crippen LogP contribution in [0.2, 0.25) is 0 Å². The number of nitrogens with two attached hydrogens (primary N) is 1. The van der Waals surface area contributed by atoms with Gasteiger partial charge in [0, 0.05) is 10.8 Å². The molecule has 0 aromatic rings. The van der Waals surface area contributed by atoms with E-state index in [-0.39, 0.29) is 0 Å². The standard InChI is InChI=1S/C11H21NS/c1-11(7-4-8-13-11)10(12)9-5-2-3-6-9/h9-10H,2-8,12H2,1H3. The molecule has 0 aromatic carbocycles. The lowest BCUT2D eigenvalue weighted by Gasteiger charge is -2.34. The van der Waals surface area contributed by atoms with Crippen molar-refractivity contribution in [2.24, 2.45) is 11.7 Å². The van der Waals surface area contributed by atoms with Gasteiger partial charge in [-0.15, -0.1) is 0 Å². The molecule has 1 aliphatic carbocycles. The fraction of sp³-hybridized carbons (Fsp3) is 1.00. The highest BCUT2D eigenvalue weighted by Gasteiger charge is 2.40. The van der Waals surface area contributed by atoms with Gasteiger partial charge in [-0.1, -0.05) is 12.8 Å². The van der Waals surface area contributed by atoms with Crippen molar-refractivity contribution in [3.63, 3.8) is 0 Å². The van der Waals surface area contributed by atoms with Crippen LogP contribution in [0.15, 0.2) is 0 Å². The van der Waals surface area contributed by atoms with Crippen molar-refractivity contribution in [3.05, 3.63) is 0 Å². The third-order valence-corrected chi connectivity index (χ3v) is 5.49. The first kappa shape index (κ1) is 9.85. The first-order chi connectivity index (χ1) is 6.22. The van der Waals surface area contributed by atoms with E-state index in [1.165, 1.54) is 44.3 Å². The molecule has 0 bridgehead atoms. The molecule has 1 heterocycles. The third-order valence-electron chi connectivity index (χ3n) is 3.86. The molecule has 76 valence electrons. The molecule has 2 rings (SSSR count). The van der Waals surface area contributed by atoms with Crippen LogP contribution >= 0.6 is 11.8 Å². The summed E-state index contributed by atoms with van der Waals surface area (Å²) in [6, 6.07) is 0.461. The zero-order chi connectivity index (χ0) is 9.31. The van der Waals surface area contributed by atoms with Crippen LogP contribution in [-0.4, -0.2) is 16.5 Å². The van der Waals surface area contributed by atoms with Crippen molar-refractivity contribution >= 4 is 11.8 Å². The van der Waals surface area contributed by atoms with Gasteiger partial charge in [-0.05, 0) is 44.3 Å². The van der Waals surface area contributed by atoms with E-state index in [2.05, 4.69) is 18.7 Å². The lowest BCUT2D eigenvalue weighted by molar-refractivity contribution is 0.351. The molecule has 1 saturated carbocycles. The molecule has 13 heavy (non-hydrogen) atoms. The molecule has 2 N–H and O–H groups in total. The second-order valence-corrected chi connectivity index (χ2v) is 6.46. The minimum Gasteiger partial charge on any atom is -0.326 e. The van der Waals surface area contributed by atoms with Crippen molar-refractivity contribution in [1.29, 1.82) is 0 Å². The third kappa shape index (κ3) is 1.89. The van der Waals surface area contributed by atoms with Crippen LogP contribution in [0.3, 0.4) is 0 Å². The van der Waals surface area contributed by atoms with E-state index < -0.39 is 0 Å². The highest BCUT2D eigenvalue weighted by molar-refractivity contribution is 8.00. The van der Waals surface area contributed by atoms with Gasteiger partial charge in [0.15, 0.2) is 0 Å². The fourth-order valence-corrected chi connectivity index (χ4v) is 4.31. The van der Waals surface area contributed by atoms with E-state index >= 15 is 0 Å². The maximum absolute atomic E-state index is 6.40. The summed E-state index contributed by atoms with van der Waals surface area (Å²) >= 11 is 2.11. The van der Waals surface area contributed by atoms with Gasteiger partial charge in [0.05, 0.1) is 0 Å². The summed E-state index contributed by atoms with van der Waals surface area (Å²) < 4.78 is 0.412. The first-order valence-corrected chi connectivity index (χ1v) is 6.60. The van der Waals surface area contributed by atoms with Crippen molar-refractivity contribution in [1.82, 2.24) is 0 Å². The lowest BCUT2D eigenvalue weighted by Crippen LogP contribution is -2.45. The van der Waals surface area contributed by atoms with Crippen LogP contribution < -0.4 is 5.73 Å². The molecular formula is C11H21NS. The van der Waals surface area contributed by atoms with E-state index in [0.717, 1.165) is 5.92 Å². The van der Waals surface area contributed by atoms with Crippen molar-refractivity contribution in [3.8, 4) is 0 Å². The van der Waals surface area contributed by atoms with Gasteiger partial charge in [-0.2, -0.15) is 11.8 Å². The van der Waals surface area contributed by atoms with Crippen LogP contribution in [0.5, 0.6) is 0 Å². The second-order valence-electron chi connectivity index (χ2n) is 4.84. The van der Waals surface area contributed by atoms with Crippen LogP contribution in [0.4, 0.5) is 0 Å². The molecular weight excluding hydrogens is 178 g/mol. The Labute approximate surface area is 85.8 Å². The molecule has 1 saturated heterocycles. The minimum absolute atomic E-state index is 0.412. The van der Waals surface area contributed by atoms with Crippen molar-refractivity contribution < 1.29 is 0 Å². The monoisotopic (exact) mass is 199 g/mol. The highest BCUT2D eigenvalue weighted by atomic mass is 32.2. The zero-order valence-corrected chi connectivity index (χ0v) is 9.41. The summed E-state index contributed by atoms with van der Waals surface area (Å²) in [6.45, 7) is 2.38. The summed E-state index contributed by atoms with van der Waals surface area (Å²) in [5, 5.41) is 0. The van der Waals surface area contributed by atoms with Gasteiger partial charge >= 0.3 is 0 Å². The highest BCUT2D eigenvalue weighted by Crippen LogP contribution is 2.44. The fourth-order valence-electron chi connectivity index (χ4n) is 2.88. The Kier molecular flexibility index (Phi) is 2.89. The molecule has 1 aliphatic heterocycles. The van der Waals surface area contributed by atoms with Gasteiger partial charge < -0.3 is 5.73 Å². The smallest absolute Gasteiger partial charge is 0.0285 e. The maximum atomic E-state index is 6.40. The predicted molar refractivity (Wildman–Crippen MR) is 60.0 cm³/mol. The predicted octanol–water partition coefficient (Wildman–Crippen LogP) is 2.79. The van der Waals surface area contributed by atoms with Crippen LogP contribution in [0, 0.1) is 5.92 Å². The number of rotatable bonds is 2. The lowest BCUT2D eigenvalue weighted by atomic mass is 9.86. The van der Waals surface area contributed by atoms with Gasteiger partial charge in [0.25, 0.3) is 0 Å². The van der Waals surface area contributed by atoms with E-state index in [1.807, 2.05) is 0 Å². The number of hydrogen-bond acceptors (Lipinski definition) is 2. The first-order valence-electron chi connectivity index (χ1n) is 5.62. The molecule has 2 aliphatic rings. The number of thioether (sulfide) groups is 1. The summed E-state index contributed by atoms with van der Waals surface area (Å²) in [4.78, 5) is 0. The van der Waals surface area contributed by atoms with E-state index in [4.69, 9.17) is 5.73 Å². The Morgan fingerprint density at radius 3 is 2.54 bits per heavy atom. The topological polar surface area (TPSA) is 26.0 Å². The summed E-state index contributed by atoms with van der Waals surface area (Å²) in [7, 11) is 0. The average molecular weight is 199 g/mol. The Hall–Kier alpha value is 0.310. The summed E-state index contributed by atoms with van der Waals surface area (Å²) in [5.41, 5.74) is 6.40.